The Morgan fingerprint density at radius 1 is 0.750 bits per heavy atom. The van der Waals surface area contributed by atoms with Crippen molar-refractivity contribution < 1.29 is 51.0 Å². The predicted octanol–water partition coefficient (Wildman–Crippen LogP) is 4.69. The van der Waals surface area contributed by atoms with Crippen LogP contribution >= 0.6 is 0 Å². The van der Waals surface area contributed by atoms with Gasteiger partial charge in [0, 0.05) is 5.92 Å². The average Bonchev–Trinajstić information content (AvgIpc) is 3.41. The molecule has 0 saturated heterocycles. The van der Waals surface area contributed by atoms with E-state index in [-0.39, 0.29) is 72.7 Å². The zero-order valence-corrected chi connectivity index (χ0v) is 30.9. The van der Waals surface area contributed by atoms with E-state index in [2.05, 4.69) is 120 Å². The van der Waals surface area contributed by atoms with Gasteiger partial charge in [-0.2, -0.15) is 5.57 Å². The normalized spacial score (nSPS) is 20.1. The second-order valence-corrected chi connectivity index (χ2v) is 15.4. The molecule has 215 valence electrons. The van der Waals surface area contributed by atoms with Crippen LogP contribution in [0.3, 0.4) is 0 Å². The third kappa shape index (κ3) is 5.51. The van der Waals surface area contributed by atoms with Crippen molar-refractivity contribution in [3.05, 3.63) is 86.9 Å². The Bertz CT molecular complexity index is 1280. The van der Waals surface area contributed by atoms with Gasteiger partial charge in [-0.15, -0.1) is 12.5 Å². The van der Waals surface area contributed by atoms with Crippen molar-refractivity contribution in [1.82, 2.24) is 0 Å². The van der Waals surface area contributed by atoms with Gasteiger partial charge in [0.05, 0.1) is 0 Å². The molecule has 0 nitrogen and oxygen atoms in total. The molecule has 3 aliphatic rings. The van der Waals surface area contributed by atoms with E-state index >= 15 is 0 Å². The molecule has 3 aliphatic carbocycles. The van der Waals surface area contributed by atoms with Crippen LogP contribution in [-0.4, -0.2) is 0 Å². The number of rotatable bonds is 2. The minimum Gasteiger partial charge on any atom is -1.00 e. The van der Waals surface area contributed by atoms with Crippen molar-refractivity contribution in [2.75, 3.05) is 0 Å². The second-order valence-electron chi connectivity index (χ2n) is 15.4. The quantitative estimate of drug-likeness (QED) is 0.412. The van der Waals surface area contributed by atoms with Crippen LogP contribution < -0.4 is 24.8 Å². The van der Waals surface area contributed by atoms with Gasteiger partial charge in [-0.3, -0.25) is 0 Å². The number of fused-ring (bicyclic) bond motifs is 3. The Morgan fingerprint density at radius 2 is 1.20 bits per heavy atom. The number of aryl methyl sites for hydroxylation is 2. The zero-order chi connectivity index (χ0) is 27.3. The first-order chi connectivity index (χ1) is 17.0. The van der Waals surface area contributed by atoms with Crippen LogP contribution in [0.5, 0.6) is 0 Å². The first-order valence-electron chi connectivity index (χ1n) is 14.6. The molecule has 2 aromatic carbocycles. The summed E-state index contributed by atoms with van der Waals surface area (Å²) >= 11 is 0. The van der Waals surface area contributed by atoms with Gasteiger partial charge in [-0.25, -0.2) is 12.0 Å². The molecule has 1 atom stereocenters. The molecule has 2 aromatic rings. The Labute approximate surface area is 277 Å². The van der Waals surface area contributed by atoms with Crippen molar-refractivity contribution in [2.45, 2.75) is 119 Å². The molecule has 0 N–H and O–H groups in total. The smallest absolute Gasteiger partial charge is 1.00 e. The Kier molecular flexibility index (Phi) is 10.1. The largest absolute Gasteiger partial charge is 3.00 e. The first kappa shape index (κ1) is 35.4. The molecule has 1 unspecified atom stereocenters. The van der Waals surface area contributed by atoms with E-state index in [4.69, 9.17) is 0 Å². The van der Waals surface area contributed by atoms with Crippen LogP contribution in [0.2, 0.25) is 0 Å². The molecule has 0 fully saturated rings. The Hall–Kier alpha value is -0.747. The Balaban J connectivity index is 0.00000187. The molecule has 0 amide bonds. The number of benzene rings is 2. The molecule has 0 aliphatic heterocycles. The summed E-state index contributed by atoms with van der Waals surface area (Å²) in [5, 5.41) is 0. The van der Waals surface area contributed by atoms with E-state index in [9.17, 15) is 0 Å². The van der Waals surface area contributed by atoms with Gasteiger partial charge < -0.3 is 24.8 Å². The van der Waals surface area contributed by atoms with Crippen LogP contribution in [0.15, 0.2) is 47.1 Å². The Morgan fingerprint density at radius 3 is 1.57 bits per heavy atom. The molecule has 0 bridgehead atoms. The van der Waals surface area contributed by atoms with Gasteiger partial charge in [-0.1, -0.05) is 111 Å². The van der Waals surface area contributed by atoms with Crippen molar-refractivity contribution in [2.24, 2.45) is 10.8 Å². The van der Waals surface area contributed by atoms with Crippen LogP contribution in [0, 0.1) is 31.1 Å². The molecule has 3 heteroatoms. The maximum Gasteiger partial charge on any atom is 3.00 e. The van der Waals surface area contributed by atoms with E-state index in [0.29, 0.717) is 5.92 Å². The van der Waals surface area contributed by atoms with E-state index in [1.807, 2.05) is 0 Å². The minimum absolute atomic E-state index is 0. The molecule has 0 spiro atoms. The molecule has 1 radical (unpaired) electrons. The predicted molar refractivity (Wildman–Crippen MR) is 161 cm³/mol. The summed E-state index contributed by atoms with van der Waals surface area (Å²) in [6.07, 6.45) is 8.67. The average molecular weight is 656 g/mol. The van der Waals surface area contributed by atoms with Gasteiger partial charge in [0.2, 0.25) is 0 Å². The SMILES string of the molecule is CCC1(C2c3cc(C)c(C(C)(C)C)cc3-c3cc(C(C)(C)C)c(C)cc32)C[CH-]C2=C1C=C(C(C)(C)C)C2.[Cl-].[Cl-].[Zr+3]. The van der Waals surface area contributed by atoms with Crippen LogP contribution in [0.4, 0.5) is 0 Å². The summed E-state index contributed by atoms with van der Waals surface area (Å²) in [7, 11) is 0. The summed E-state index contributed by atoms with van der Waals surface area (Å²) < 4.78 is 0. The summed E-state index contributed by atoms with van der Waals surface area (Å²) in [5.74, 6) is 0.405. The minimum atomic E-state index is 0. The monoisotopic (exact) mass is 653 g/mol. The van der Waals surface area contributed by atoms with Crippen molar-refractivity contribution >= 4 is 0 Å². The number of allylic oxidation sites excluding steroid dienone is 4. The van der Waals surface area contributed by atoms with E-state index < -0.39 is 0 Å². The maximum absolute atomic E-state index is 2.62. The van der Waals surface area contributed by atoms with Crippen molar-refractivity contribution in [3.63, 3.8) is 0 Å². The molecule has 40 heavy (non-hydrogen) atoms. The maximum atomic E-state index is 2.62. The summed E-state index contributed by atoms with van der Waals surface area (Å²) in [6.45, 7) is 28.4. The van der Waals surface area contributed by atoms with Crippen molar-refractivity contribution in [3.8, 4) is 11.1 Å². The van der Waals surface area contributed by atoms with Crippen LogP contribution in [0.1, 0.15) is 128 Å². The van der Waals surface area contributed by atoms with E-state index in [1.165, 1.54) is 39.8 Å². The second kappa shape index (κ2) is 11.4. The molecule has 0 heterocycles. The fourth-order valence-electron chi connectivity index (χ4n) is 7.76. The fourth-order valence-corrected chi connectivity index (χ4v) is 7.76. The topological polar surface area (TPSA) is 0 Å². The molecular formula is C37H49Cl2Zr. The van der Waals surface area contributed by atoms with E-state index in [1.54, 1.807) is 27.8 Å². The number of hydrogen-bond donors (Lipinski definition) is 0. The molecule has 0 aromatic heterocycles. The molecular weight excluding hydrogens is 607 g/mol. The number of halogens is 2. The fraction of sp³-hybridized carbons (Fsp3) is 0.541. The summed E-state index contributed by atoms with van der Waals surface area (Å²) in [5.41, 5.74) is 17.4. The van der Waals surface area contributed by atoms with E-state index in [0.717, 1.165) is 12.8 Å². The molecule has 0 saturated carbocycles. The van der Waals surface area contributed by atoms with Gasteiger partial charge >= 0.3 is 26.2 Å². The third-order valence-electron chi connectivity index (χ3n) is 9.76. The third-order valence-corrected chi connectivity index (χ3v) is 9.76. The van der Waals surface area contributed by atoms with Crippen LogP contribution in [-0.2, 0) is 37.0 Å². The number of hydrogen-bond acceptors (Lipinski definition) is 0. The van der Waals surface area contributed by atoms with Crippen molar-refractivity contribution in [1.29, 1.82) is 0 Å². The van der Waals surface area contributed by atoms with Crippen LogP contribution in [0.25, 0.3) is 11.1 Å². The standard InChI is InChI=1S/C37H49.2ClH.Zr/c1-13-37(15-14-24-18-25(19-32(24)37)34(4,5)6)33-28-16-22(2)30(35(7,8)9)20-26(28)27-21-31(36(10,11)12)23(3)17-29(27)33;;;/h14,16-17,19-21,33H,13,15,18H2,1-12H3;2*1H;/q-1;;;+3/p-2. The summed E-state index contributed by atoms with van der Waals surface area (Å²) in [4.78, 5) is 0. The van der Waals surface area contributed by atoms with Gasteiger partial charge in [0.1, 0.15) is 0 Å². The molecule has 5 rings (SSSR count). The zero-order valence-electron chi connectivity index (χ0n) is 26.9. The van der Waals surface area contributed by atoms with Gasteiger partial charge in [0.15, 0.2) is 0 Å². The first-order valence-corrected chi connectivity index (χ1v) is 14.6. The van der Waals surface area contributed by atoms with Gasteiger partial charge in [0.25, 0.3) is 0 Å². The summed E-state index contributed by atoms with van der Waals surface area (Å²) in [6, 6.07) is 10.3. The van der Waals surface area contributed by atoms with Gasteiger partial charge in [-0.05, 0) is 81.0 Å².